The molecule has 3 aliphatic rings. The van der Waals surface area contributed by atoms with E-state index in [4.69, 9.17) is 35.3 Å². The minimum atomic E-state index is -0.901. The number of benzene rings is 2. The number of pyridine rings is 1. The molecular weight excluding hydrogens is 1030 g/mol. The standard InChI is InChI=1S/C44H47F2N9O5.C9H12N2O4.2CH2O/c1-26(2)18-41(56)54-37(6-5-15-49-44(47)58)42(57)53-32-10-7-29(40(22-32)59-3)25-55(38-12-9-31(45)21-35(38)46)39-20-30(23-50-43(39)60-4)27-8-11-36-34(19-27)33(14-16-48-36)28-13-17-51-52-24-28;10-7(12)3-5-15-6-4-11-8(13)1-2-9(11)14;2*1-2/h7-14,16-17,19-24,26,36-37,48H,5-6,15,18,25H2,1-4H3,(H,53,57)(H,54,56)(H3,47,49,58);1-2H,3-6H2,(H2,10,12);2*1H2. The number of carbonyl (C=O) groups is 8. The number of imide groups is 1. The molecule has 8 N–H and O–H groups in total. The average molecular weight is 1090 g/mol. The van der Waals surface area contributed by atoms with Crippen LogP contribution in [0.25, 0.3) is 11.1 Å². The second kappa shape index (κ2) is 31.6. The Hall–Kier alpha value is -9.45. The monoisotopic (exact) mass is 1090 g/mol. The molecule has 0 saturated heterocycles. The topological polar surface area (TPSA) is 310 Å². The van der Waals surface area contributed by atoms with Crippen molar-refractivity contribution in [1.29, 1.82) is 0 Å². The number of urea groups is 1. The predicted octanol–water partition coefficient (Wildman–Crippen LogP) is 4.75. The molecule has 0 spiro atoms. The van der Waals surface area contributed by atoms with Gasteiger partial charge in [0.2, 0.25) is 23.6 Å². The second-order valence-electron chi connectivity index (χ2n) is 17.5. The number of ether oxygens (including phenoxy) is 3. The van der Waals surface area contributed by atoms with Crippen molar-refractivity contribution in [3.05, 3.63) is 144 Å². The molecule has 0 fully saturated rings. The lowest BCUT2D eigenvalue weighted by Crippen LogP contribution is -2.44. The third kappa shape index (κ3) is 18.4. The molecule has 24 heteroatoms. The van der Waals surface area contributed by atoms with Crippen LogP contribution in [0.5, 0.6) is 11.6 Å². The molecule has 7 rings (SSSR count). The Morgan fingerprint density at radius 1 is 0.873 bits per heavy atom. The fourth-order valence-corrected chi connectivity index (χ4v) is 8.02. The number of fused-ring (bicyclic) bond motifs is 1. The van der Waals surface area contributed by atoms with Crippen LogP contribution in [-0.4, -0.2) is 122 Å². The first-order valence-corrected chi connectivity index (χ1v) is 24.4. The summed E-state index contributed by atoms with van der Waals surface area (Å²) < 4.78 is 46.7. The minimum absolute atomic E-state index is 0.00177. The van der Waals surface area contributed by atoms with E-state index < -0.39 is 35.5 Å². The number of anilines is 3. The van der Waals surface area contributed by atoms with Crippen molar-refractivity contribution in [3.63, 3.8) is 0 Å². The summed E-state index contributed by atoms with van der Waals surface area (Å²) in [5.74, 6) is -2.82. The van der Waals surface area contributed by atoms with E-state index in [1.807, 2.05) is 64.0 Å². The van der Waals surface area contributed by atoms with Gasteiger partial charge < -0.3 is 61.4 Å². The number of hydrogen-bond donors (Lipinski definition) is 6. The van der Waals surface area contributed by atoms with Crippen molar-refractivity contribution in [2.45, 2.75) is 58.2 Å². The van der Waals surface area contributed by atoms with Gasteiger partial charge in [-0.05, 0) is 84.2 Å². The zero-order valence-electron chi connectivity index (χ0n) is 44.0. The fraction of sp³-hybridized carbons (Fsp3) is 0.291. The Morgan fingerprint density at radius 2 is 1.62 bits per heavy atom. The molecule has 2 atom stereocenters. The molecular formula is C55H63F2N11O11. The van der Waals surface area contributed by atoms with Gasteiger partial charge in [-0.15, -0.1) is 0 Å². The number of amides is 7. The minimum Gasteiger partial charge on any atom is -0.496 e. The van der Waals surface area contributed by atoms with Crippen molar-refractivity contribution >= 4 is 77.4 Å². The Kier molecular flexibility index (Phi) is 24.8. The normalized spacial score (nSPS) is 14.1. The number of carbonyl (C=O) groups excluding carboxylic acids is 8. The molecule has 2 aromatic carbocycles. The summed E-state index contributed by atoms with van der Waals surface area (Å²) >= 11 is 0. The maximum Gasteiger partial charge on any atom is 0.312 e. The van der Waals surface area contributed by atoms with Gasteiger partial charge in [0.15, 0.2) is 0 Å². The Bertz CT molecular complexity index is 2930. The molecule has 418 valence electrons. The van der Waals surface area contributed by atoms with E-state index in [-0.39, 0.29) is 93.4 Å². The molecule has 7 amide bonds. The number of nitrogens with two attached hydrogens (primary N) is 2. The van der Waals surface area contributed by atoms with E-state index >= 15 is 4.39 Å². The highest BCUT2D eigenvalue weighted by atomic mass is 19.1. The average Bonchev–Trinajstić information content (AvgIpc) is 3.78. The van der Waals surface area contributed by atoms with Crippen molar-refractivity contribution in [1.82, 2.24) is 36.0 Å². The zero-order valence-corrected chi connectivity index (χ0v) is 44.0. The molecule has 4 heterocycles. The van der Waals surface area contributed by atoms with E-state index in [1.165, 1.54) is 38.5 Å². The van der Waals surface area contributed by atoms with Gasteiger partial charge in [0.1, 0.15) is 42.7 Å². The highest BCUT2D eigenvalue weighted by molar-refractivity contribution is 6.12. The first-order chi connectivity index (χ1) is 38.0. The largest absolute Gasteiger partial charge is 0.496 e. The number of nitrogens with zero attached hydrogens (tertiary/aromatic N) is 5. The van der Waals surface area contributed by atoms with Gasteiger partial charge in [-0.2, -0.15) is 10.2 Å². The Labute approximate surface area is 455 Å². The SMILES string of the molecule is C=O.C=O.COc1cc(NC(=O)C(CCCNC(N)=O)NC(=O)CC(C)C)ccc1CN(c1ccc(F)cc1F)c1cc(C2=CC3=C(c4ccnnc4)C=CNC3C=C2)cnc1OC.NC(=O)CCOCCN1C(=O)C=CC1=O. The smallest absolute Gasteiger partial charge is 0.312 e. The van der Waals surface area contributed by atoms with Crippen LogP contribution in [-0.2, 0) is 44.8 Å². The molecule has 2 aliphatic heterocycles. The van der Waals surface area contributed by atoms with E-state index in [9.17, 15) is 33.2 Å². The van der Waals surface area contributed by atoms with Crippen molar-refractivity contribution in [2.75, 3.05) is 50.7 Å². The molecule has 1 aliphatic carbocycles. The number of methoxy groups -OCH3 is 2. The van der Waals surface area contributed by atoms with Crippen LogP contribution in [0.15, 0.2) is 115 Å². The molecule has 0 radical (unpaired) electrons. The van der Waals surface area contributed by atoms with Crippen LogP contribution in [0.4, 0.5) is 30.6 Å². The lowest BCUT2D eigenvalue weighted by atomic mass is 9.87. The number of halogens is 2. The van der Waals surface area contributed by atoms with Gasteiger partial charge in [-0.25, -0.2) is 18.6 Å². The van der Waals surface area contributed by atoms with E-state index in [1.54, 1.807) is 41.7 Å². The van der Waals surface area contributed by atoms with Crippen LogP contribution in [0.1, 0.15) is 56.2 Å². The van der Waals surface area contributed by atoms with Crippen LogP contribution in [0, 0.1) is 17.6 Å². The van der Waals surface area contributed by atoms with Gasteiger partial charge >= 0.3 is 6.03 Å². The third-order valence-electron chi connectivity index (χ3n) is 11.6. The number of primary amides is 2. The second-order valence-corrected chi connectivity index (χ2v) is 17.5. The number of hydrogen-bond acceptors (Lipinski definition) is 16. The van der Waals surface area contributed by atoms with Crippen molar-refractivity contribution in [3.8, 4) is 11.6 Å². The molecule has 0 bridgehead atoms. The summed E-state index contributed by atoms with van der Waals surface area (Å²) in [5, 5.41) is 19.5. The number of rotatable bonds is 23. The van der Waals surface area contributed by atoms with E-state index in [2.05, 4.69) is 42.5 Å². The molecule has 2 aromatic heterocycles. The number of allylic oxidation sites excluding steroid dienone is 4. The Morgan fingerprint density at radius 3 is 2.27 bits per heavy atom. The van der Waals surface area contributed by atoms with Gasteiger partial charge in [-0.3, -0.25) is 28.9 Å². The van der Waals surface area contributed by atoms with E-state index in [0.29, 0.717) is 34.7 Å². The third-order valence-corrected chi connectivity index (χ3v) is 11.6. The summed E-state index contributed by atoms with van der Waals surface area (Å²) in [6, 6.07) is 10.4. The summed E-state index contributed by atoms with van der Waals surface area (Å²) in [4.78, 5) is 93.2. The lowest BCUT2D eigenvalue weighted by Gasteiger charge is -2.29. The van der Waals surface area contributed by atoms with Crippen LogP contribution >= 0.6 is 0 Å². The molecule has 4 aromatic rings. The fourth-order valence-electron chi connectivity index (χ4n) is 8.02. The van der Waals surface area contributed by atoms with Gasteiger partial charge in [0.25, 0.3) is 11.8 Å². The summed E-state index contributed by atoms with van der Waals surface area (Å²) in [6.45, 7) is 8.64. The van der Waals surface area contributed by atoms with Gasteiger partial charge in [-0.1, -0.05) is 32.1 Å². The molecule has 79 heavy (non-hydrogen) atoms. The van der Waals surface area contributed by atoms with Gasteiger partial charge in [0, 0.05) is 72.2 Å². The van der Waals surface area contributed by atoms with Crippen molar-refractivity contribution < 1.29 is 61.3 Å². The van der Waals surface area contributed by atoms with Crippen LogP contribution in [0.2, 0.25) is 0 Å². The quantitative estimate of drug-likeness (QED) is 0.0431. The summed E-state index contributed by atoms with van der Waals surface area (Å²) in [7, 11) is 2.92. The Balaban J connectivity index is 0.000000604. The van der Waals surface area contributed by atoms with Crippen molar-refractivity contribution in [2.24, 2.45) is 17.4 Å². The molecule has 0 saturated carbocycles. The first kappa shape index (κ1) is 62.1. The molecule has 2 unspecified atom stereocenters. The lowest BCUT2D eigenvalue weighted by molar-refractivity contribution is -0.138. The van der Waals surface area contributed by atoms with E-state index in [0.717, 1.165) is 33.2 Å². The number of nitrogens with one attached hydrogen (secondary N) is 4. The zero-order chi connectivity index (χ0) is 58.0. The molecule has 22 nitrogen and oxygen atoms in total. The van der Waals surface area contributed by atoms with Crippen LogP contribution in [0.3, 0.4) is 0 Å². The highest BCUT2D eigenvalue weighted by Crippen LogP contribution is 2.40. The first-order valence-electron chi connectivity index (χ1n) is 24.4. The summed E-state index contributed by atoms with van der Waals surface area (Å²) in [6.07, 6.45) is 18.4. The number of aromatic nitrogens is 3. The summed E-state index contributed by atoms with van der Waals surface area (Å²) in [5.41, 5.74) is 15.9. The number of dihydropyridines is 1. The highest BCUT2D eigenvalue weighted by Gasteiger charge is 2.27. The predicted molar refractivity (Wildman–Crippen MR) is 290 cm³/mol. The maximum atomic E-state index is 15.8. The van der Waals surface area contributed by atoms with Crippen LogP contribution < -0.4 is 47.1 Å². The van der Waals surface area contributed by atoms with Gasteiger partial charge in [0.05, 0.1) is 64.6 Å². The maximum absolute atomic E-state index is 15.8.